The number of nitrogens with two attached hydrogens (primary N) is 1. The topological polar surface area (TPSA) is 76.7 Å². The van der Waals surface area contributed by atoms with Gasteiger partial charge in [-0.3, -0.25) is 4.98 Å². The van der Waals surface area contributed by atoms with Crippen LogP contribution >= 0.6 is 37.2 Å². The molecule has 0 radical (unpaired) electrons. The number of benzene rings is 1. The van der Waals surface area contributed by atoms with Gasteiger partial charge in [0.25, 0.3) is 0 Å². The van der Waals surface area contributed by atoms with Crippen molar-refractivity contribution < 1.29 is 0 Å². The van der Waals surface area contributed by atoms with Gasteiger partial charge in [0.05, 0.1) is 5.52 Å². The van der Waals surface area contributed by atoms with Crippen molar-refractivity contribution in [2.24, 2.45) is 5.73 Å². The molecule has 1 saturated carbocycles. The Labute approximate surface area is 196 Å². The van der Waals surface area contributed by atoms with Crippen LogP contribution < -0.4 is 11.1 Å². The van der Waals surface area contributed by atoms with E-state index in [1.165, 1.54) is 5.56 Å². The number of hydrogen-bond donors (Lipinski definition) is 2. The summed E-state index contributed by atoms with van der Waals surface area (Å²) in [5.74, 6) is 1.62. The first-order valence-electron chi connectivity index (χ1n) is 9.56. The van der Waals surface area contributed by atoms with Gasteiger partial charge >= 0.3 is 0 Å². The van der Waals surface area contributed by atoms with E-state index in [2.05, 4.69) is 35.4 Å². The van der Waals surface area contributed by atoms with Crippen molar-refractivity contribution in [1.29, 1.82) is 0 Å². The van der Waals surface area contributed by atoms with Crippen LogP contribution in [0.25, 0.3) is 23.1 Å². The van der Waals surface area contributed by atoms with E-state index >= 15 is 0 Å². The Kier molecular flexibility index (Phi) is 10.5. The molecule has 1 fully saturated rings. The minimum Gasteiger partial charge on any atom is -0.367 e. The van der Waals surface area contributed by atoms with Crippen LogP contribution in [0.4, 0.5) is 5.82 Å². The number of pyridine rings is 1. The van der Waals surface area contributed by atoms with Crippen LogP contribution in [0.5, 0.6) is 0 Å². The normalized spacial score (nSPS) is 18.2. The van der Waals surface area contributed by atoms with E-state index in [1.807, 2.05) is 24.3 Å². The third kappa shape index (κ3) is 6.54. The Morgan fingerprint density at radius 3 is 2.33 bits per heavy atom. The smallest absolute Gasteiger partial charge is 0.154 e. The summed E-state index contributed by atoms with van der Waals surface area (Å²) in [7, 11) is 0. The predicted molar refractivity (Wildman–Crippen MR) is 133 cm³/mol. The third-order valence-corrected chi connectivity index (χ3v) is 5.11. The van der Waals surface area contributed by atoms with Gasteiger partial charge in [0, 0.05) is 29.9 Å². The molecule has 8 heteroatoms. The first kappa shape index (κ1) is 26.1. The molecule has 3 aromatic rings. The van der Waals surface area contributed by atoms with E-state index in [0.29, 0.717) is 17.9 Å². The Bertz CT molecular complexity index is 958. The van der Waals surface area contributed by atoms with Gasteiger partial charge in [-0.1, -0.05) is 17.7 Å². The molecule has 0 spiro atoms. The molecule has 1 aliphatic carbocycles. The Hall–Kier alpha value is -1.92. The number of aromatic nitrogens is 3. The molecule has 0 amide bonds. The van der Waals surface area contributed by atoms with Crippen LogP contribution in [-0.4, -0.2) is 27.0 Å². The summed E-state index contributed by atoms with van der Waals surface area (Å²) in [6.45, 7) is 2.10. The molecule has 30 heavy (non-hydrogen) atoms. The van der Waals surface area contributed by atoms with Gasteiger partial charge in [0.1, 0.15) is 5.82 Å². The molecule has 1 aliphatic rings. The maximum Gasteiger partial charge on any atom is 0.154 e. The highest BCUT2D eigenvalue weighted by Crippen LogP contribution is 2.26. The van der Waals surface area contributed by atoms with Crippen molar-refractivity contribution in [1.82, 2.24) is 15.0 Å². The summed E-state index contributed by atoms with van der Waals surface area (Å²) in [5.41, 5.74) is 9.30. The summed E-state index contributed by atoms with van der Waals surface area (Å²) in [6, 6.07) is 11.0. The molecular weight excluding hydrogens is 441 g/mol. The molecule has 0 atom stereocenters. The first-order chi connectivity index (χ1) is 13.2. The highest BCUT2D eigenvalue weighted by atomic mass is 35.5. The van der Waals surface area contributed by atoms with Crippen molar-refractivity contribution in [2.45, 2.75) is 44.7 Å². The fourth-order valence-electron chi connectivity index (χ4n) is 3.55. The van der Waals surface area contributed by atoms with Gasteiger partial charge in [0.15, 0.2) is 5.82 Å². The molecular formula is C22H28Cl3N5. The number of fused-ring (bicyclic) bond motifs is 1. The number of aryl methyl sites for hydroxylation is 1. The second-order valence-corrected chi connectivity index (χ2v) is 7.32. The largest absolute Gasteiger partial charge is 0.367 e. The molecule has 0 bridgehead atoms. The molecule has 2 aromatic heterocycles. The lowest BCUT2D eigenvalue weighted by molar-refractivity contribution is 0.410. The molecule has 2 heterocycles. The average Bonchev–Trinajstić information content (AvgIpc) is 2.69. The molecule has 1 aromatic carbocycles. The van der Waals surface area contributed by atoms with Crippen LogP contribution in [0, 0.1) is 6.92 Å². The average molecular weight is 469 g/mol. The zero-order valence-corrected chi connectivity index (χ0v) is 19.3. The third-order valence-electron chi connectivity index (χ3n) is 5.11. The highest BCUT2D eigenvalue weighted by Gasteiger charge is 2.19. The number of anilines is 1. The summed E-state index contributed by atoms with van der Waals surface area (Å²) >= 11 is 0. The van der Waals surface area contributed by atoms with Gasteiger partial charge < -0.3 is 11.1 Å². The van der Waals surface area contributed by atoms with Crippen LogP contribution in [0.15, 0.2) is 42.7 Å². The fraction of sp³-hybridized carbons (Fsp3) is 0.318. The van der Waals surface area contributed by atoms with Crippen molar-refractivity contribution in [3.05, 3.63) is 59.7 Å². The maximum atomic E-state index is 6.05. The molecule has 3 N–H and O–H groups in total. The van der Waals surface area contributed by atoms with Gasteiger partial charge in [0.2, 0.25) is 0 Å². The van der Waals surface area contributed by atoms with Gasteiger partial charge in [-0.05, 0) is 68.5 Å². The summed E-state index contributed by atoms with van der Waals surface area (Å²) in [4.78, 5) is 13.6. The number of rotatable bonds is 4. The summed E-state index contributed by atoms with van der Waals surface area (Å²) in [5, 5.41) is 4.73. The van der Waals surface area contributed by atoms with E-state index in [0.717, 1.165) is 48.0 Å². The molecule has 0 unspecified atom stereocenters. The summed E-state index contributed by atoms with van der Waals surface area (Å²) in [6.07, 6.45) is 11.8. The Morgan fingerprint density at radius 1 is 0.933 bits per heavy atom. The second-order valence-electron chi connectivity index (χ2n) is 7.32. The monoisotopic (exact) mass is 467 g/mol. The Balaban J connectivity index is 0.00000150. The van der Waals surface area contributed by atoms with E-state index in [1.54, 1.807) is 12.4 Å². The Morgan fingerprint density at radius 2 is 1.63 bits per heavy atom. The second kappa shape index (κ2) is 12.1. The molecule has 0 aliphatic heterocycles. The van der Waals surface area contributed by atoms with Crippen molar-refractivity contribution in [2.75, 3.05) is 5.32 Å². The standard InChI is InChI=1S/C22H25N5.3ClH/c1-15-2-8-20-19(14-15)22(25-18-6-4-17(23)5-7-18)27-21(26-20)9-3-16-10-12-24-13-11-16;;;/h2-3,8-14,17-18H,4-7,23H2,1H3,(H,25,26,27);3*1H. The highest BCUT2D eigenvalue weighted by molar-refractivity contribution is 5.90. The van der Waals surface area contributed by atoms with E-state index in [4.69, 9.17) is 15.7 Å². The maximum absolute atomic E-state index is 6.05. The SMILES string of the molecule is Cc1ccc2nc(C=Cc3ccncc3)nc(NC3CCC(N)CC3)c2c1.Cl.Cl.Cl. The number of nitrogens with one attached hydrogen (secondary N) is 1. The molecule has 5 nitrogen and oxygen atoms in total. The van der Waals surface area contributed by atoms with E-state index < -0.39 is 0 Å². The van der Waals surface area contributed by atoms with Crippen molar-refractivity contribution >= 4 is 66.1 Å². The summed E-state index contributed by atoms with van der Waals surface area (Å²) < 4.78 is 0. The van der Waals surface area contributed by atoms with Gasteiger partial charge in [-0.25, -0.2) is 9.97 Å². The van der Waals surface area contributed by atoms with Gasteiger partial charge in [-0.2, -0.15) is 0 Å². The van der Waals surface area contributed by atoms with Gasteiger partial charge in [-0.15, -0.1) is 37.2 Å². The molecule has 0 saturated heterocycles. The quantitative estimate of drug-likeness (QED) is 0.532. The first-order valence-corrected chi connectivity index (χ1v) is 9.56. The van der Waals surface area contributed by atoms with Crippen LogP contribution in [0.1, 0.15) is 42.6 Å². The van der Waals surface area contributed by atoms with Crippen molar-refractivity contribution in [3.63, 3.8) is 0 Å². The zero-order chi connectivity index (χ0) is 18.6. The van der Waals surface area contributed by atoms with Crippen LogP contribution in [-0.2, 0) is 0 Å². The lowest BCUT2D eigenvalue weighted by Gasteiger charge is -2.27. The fourth-order valence-corrected chi connectivity index (χ4v) is 3.55. The molecule has 162 valence electrons. The minimum absolute atomic E-state index is 0. The van der Waals surface area contributed by atoms with Crippen LogP contribution in [0.2, 0.25) is 0 Å². The van der Waals surface area contributed by atoms with E-state index in [-0.39, 0.29) is 37.2 Å². The van der Waals surface area contributed by atoms with Crippen LogP contribution in [0.3, 0.4) is 0 Å². The zero-order valence-electron chi connectivity index (χ0n) is 16.8. The molecule has 4 rings (SSSR count). The number of hydrogen-bond acceptors (Lipinski definition) is 5. The lowest BCUT2D eigenvalue weighted by Crippen LogP contribution is -2.33. The van der Waals surface area contributed by atoms with Crippen molar-refractivity contribution in [3.8, 4) is 0 Å². The lowest BCUT2D eigenvalue weighted by atomic mass is 9.92. The number of halogens is 3. The number of nitrogens with zero attached hydrogens (tertiary/aromatic N) is 3. The predicted octanol–water partition coefficient (Wildman–Crippen LogP) is 5.45. The van der Waals surface area contributed by atoms with E-state index in [9.17, 15) is 0 Å². The minimum atomic E-state index is 0.